The van der Waals surface area contributed by atoms with Gasteiger partial charge in [0, 0.05) is 13.0 Å². The normalized spacial score (nSPS) is 11.0. The number of hydrogen-bond acceptors (Lipinski definition) is 4. The zero-order chi connectivity index (χ0) is 19.1. The minimum atomic E-state index is -0.189. The van der Waals surface area contributed by atoms with E-state index < -0.39 is 0 Å². The van der Waals surface area contributed by atoms with E-state index in [4.69, 9.17) is 9.47 Å². The number of imidazole rings is 1. The number of nitrogens with one attached hydrogen (secondary N) is 2. The van der Waals surface area contributed by atoms with Crippen LogP contribution in [0.4, 0.5) is 0 Å². The summed E-state index contributed by atoms with van der Waals surface area (Å²) in [6, 6.07) is 13.4. The average molecular weight is 365 g/mol. The summed E-state index contributed by atoms with van der Waals surface area (Å²) in [5, 5.41) is 2.84. The Morgan fingerprint density at radius 3 is 2.85 bits per heavy atom. The Bertz CT molecular complexity index is 914. The van der Waals surface area contributed by atoms with E-state index in [0.717, 1.165) is 22.4 Å². The lowest BCUT2D eigenvalue weighted by molar-refractivity contribution is -0.123. The highest BCUT2D eigenvalue weighted by Crippen LogP contribution is 2.28. The number of H-pyrrole nitrogens is 1. The van der Waals surface area contributed by atoms with E-state index in [1.54, 1.807) is 13.2 Å². The van der Waals surface area contributed by atoms with Crippen LogP contribution in [0.15, 0.2) is 48.5 Å². The van der Waals surface area contributed by atoms with Crippen molar-refractivity contribution >= 4 is 23.0 Å². The van der Waals surface area contributed by atoms with Crippen LogP contribution in [0.3, 0.4) is 0 Å². The second-order valence-electron chi connectivity index (χ2n) is 6.00. The summed E-state index contributed by atoms with van der Waals surface area (Å²) in [6.45, 7) is 2.37. The van der Waals surface area contributed by atoms with Crippen molar-refractivity contribution in [3.05, 3.63) is 59.9 Å². The van der Waals surface area contributed by atoms with Gasteiger partial charge in [0.15, 0.2) is 18.1 Å². The third-order valence-corrected chi connectivity index (χ3v) is 4.03. The van der Waals surface area contributed by atoms with Crippen molar-refractivity contribution in [2.45, 2.75) is 13.3 Å². The summed E-state index contributed by atoms with van der Waals surface area (Å²) in [5.41, 5.74) is 2.93. The Hall–Kier alpha value is -3.28. The van der Waals surface area contributed by atoms with Gasteiger partial charge in [-0.3, -0.25) is 4.79 Å². The molecule has 3 aromatic rings. The lowest BCUT2D eigenvalue weighted by atomic mass is 10.2. The van der Waals surface area contributed by atoms with E-state index in [9.17, 15) is 4.79 Å². The monoisotopic (exact) mass is 365 g/mol. The van der Waals surface area contributed by atoms with Gasteiger partial charge in [0.05, 0.1) is 18.1 Å². The molecule has 0 aliphatic carbocycles. The molecule has 2 N–H and O–H groups in total. The van der Waals surface area contributed by atoms with Gasteiger partial charge in [-0.05, 0) is 36.8 Å². The predicted octanol–water partition coefficient (Wildman–Crippen LogP) is 3.34. The second-order valence-corrected chi connectivity index (χ2v) is 6.00. The minimum Gasteiger partial charge on any atom is -0.493 e. The molecule has 0 spiro atoms. The van der Waals surface area contributed by atoms with Crippen molar-refractivity contribution in [3.63, 3.8) is 0 Å². The molecule has 0 atom stereocenters. The number of hydrogen-bond donors (Lipinski definition) is 2. The Labute approximate surface area is 158 Å². The molecule has 0 fully saturated rings. The number of allylic oxidation sites excluding steroid dienone is 1. The van der Waals surface area contributed by atoms with Crippen molar-refractivity contribution in [1.29, 1.82) is 0 Å². The van der Waals surface area contributed by atoms with Gasteiger partial charge in [0.1, 0.15) is 5.82 Å². The van der Waals surface area contributed by atoms with Gasteiger partial charge in [0.25, 0.3) is 5.91 Å². The van der Waals surface area contributed by atoms with E-state index in [1.807, 2.05) is 55.5 Å². The quantitative estimate of drug-likeness (QED) is 0.642. The number of carbonyl (C=O) groups excluding carboxylic acids is 1. The zero-order valence-corrected chi connectivity index (χ0v) is 15.5. The SMILES string of the molecule is C/C=C/c1ccc(OCC(=O)NCCc2nc3ccccc3[nH]2)c(OC)c1. The number of aromatic nitrogens is 2. The highest BCUT2D eigenvalue weighted by molar-refractivity contribution is 5.77. The van der Waals surface area contributed by atoms with Crippen LogP contribution in [0.1, 0.15) is 18.3 Å². The molecule has 0 saturated heterocycles. The first-order chi connectivity index (χ1) is 13.2. The van der Waals surface area contributed by atoms with E-state index >= 15 is 0 Å². The molecule has 140 valence electrons. The summed E-state index contributed by atoms with van der Waals surface area (Å²) in [6.07, 6.45) is 4.55. The smallest absolute Gasteiger partial charge is 0.257 e. The van der Waals surface area contributed by atoms with Crippen molar-refractivity contribution in [2.75, 3.05) is 20.3 Å². The summed E-state index contributed by atoms with van der Waals surface area (Å²) < 4.78 is 10.9. The van der Waals surface area contributed by atoms with Crippen molar-refractivity contribution in [3.8, 4) is 11.5 Å². The number of ether oxygens (including phenoxy) is 2. The lowest BCUT2D eigenvalue weighted by Crippen LogP contribution is -2.30. The minimum absolute atomic E-state index is 0.0700. The number of methoxy groups -OCH3 is 1. The molecule has 0 saturated carbocycles. The Kier molecular flexibility index (Phi) is 6.10. The van der Waals surface area contributed by atoms with Crippen LogP contribution in [-0.4, -0.2) is 36.1 Å². The van der Waals surface area contributed by atoms with Crippen LogP contribution in [0, 0.1) is 0 Å². The fourth-order valence-corrected chi connectivity index (χ4v) is 2.74. The van der Waals surface area contributed by atoms with Crippen molar-refractivity contribution in [1.82, 2.24) is 15.3 Å². The average Bonchev–Trinajstić information content (AvgIpc) is 3.10. The van der Waals surface area contributed by atoms with Gasteiger partial charge in [0.2, 0.25) is 0 Å². The molecule has 6 nitrogen and oxygen atoms in total. The number of fused-ring (bicyclic) bond motifs is 1. The van der Waals surface area contributed by atoms with Crippen LogP contribution in [0.25, 0.3) is 17.1 Å². The van der Waals surface area contributed by atoms with Crippen molar-refractivity contribution < 1.29 is 14.3 Å². The number of nitrogens with zero attached hydrogens (tertiary/aromatic N) is 1. The molecular formula is C21H23N3O3. The van der Waals surface area contributed by atoms with Crippen molar-refractivity contribution in [2.24, 2.45) is 0 Å². The fourth-order valence-electron chi connectivity index (χ4n) is 2.74. The third kappa shape index (κ3) is 4.88. The van der Waals surface area contributed by atoms with Gasteiger partial charge in [-0.25, -0.2) is 4.98 Å². The summed E-state index contributed by atoms with van der Waals surface area (Å²) >= 11 is 0. The molecule has 2 aromatic carbocycles. The summed E-state index contributed by atoms with van der Waals surface area (Å²) in [4.78, 5) is 19.8. The molecule has 1 amide bonds. The molecule has 3 rings (SSSR count). The number of aromatic amines is 1. The van der Waals surface area contributed by atoms with E-state index in [0.29, 0.717) is 24.5 Å². The van der Waals surface area contributed by atoms with Gasteiger partial charge in [-0.2, -0.15) is 0 Å². The maximum absolute atomic E-state index is 12.0. The van der Waals surface area contributed by atoms with E-state index in [1.165, 1.54) is 0 Å². The molecule has 0 aliphatic heterocycles. The topological polar surface area (TPSA) is 76.2 Å². The Morgan fingerprint density at radius 1 is 1.22 bits per heavy atom. The fraction of sp³-hybridized carbons (Fsp3) is 0.238. The number of para-hydroxylation sites is 2. The molecule has 0 radical (unpaired) electrons. The van der Waals surface area contributed by atoms with E-state index in [-0.39, 0.29) is 12.5 Å². The standard InChI is InChI=1S/C21H23N3O3/c1-3-6-15-9-10-18(19(13-15)26-2)27-14-21(25)22-12-11-20-23-16-7-4-5-8-17(16)24-20/h3-10,13H,11-12,14H2,1-2H3,(H,22,25)(H,23,24)/b6-3+. The first-order valence-corrected chi connectivity index (χ1v) is 8.83. The molecule has 6 heteroatoms. The van der Waals surface area contributed by atoms with Crippen LogP contribution in [0.5, 0.6) is 11.5 Å². The maximum Gasteiger partial charge on any atom is 0.257 e. The number of benzene rings is 2. The van der Waals surface area contributed by atoms with Crippen LogP contribution in [-0.2, 0) is 11.2 Å². The lowest BCUT2D eigenvalue weighted by Gasteiger charge is -2.11. The van der Waals surface area contributed by atoms with Crippen LogP contribution < -0.4 is 14.8 Å². The summed E-state index contributed by atoms with van der Waals surface area (Å²) in [5.74, 6) is 1.79. The predicted molar refractivity (Wildman–Crippen MR) is 106 cm³/mol. The molecule has 1 aromatic heterocycles. The van der Waals surface area contributed by atoms with E-state index in [2.05, 4.69) is 15.3 Å². The van der Waals surface area contributed by atoms with Gasteiger partial charge >= 0.3 is 0 Å². The first kappa shape index (κ1) is 18.5. The number of rotatable bonds is 8. The molecule has 1 heterocycles. The Balaban J connectivity index is 1.48. The van der Waals surface area contributed by atoms with Crippen LogP contribution >= 0.6 is 0 Å². The molecular weight excluding hydrogens is 342 g/mol. The third-order valence-electron chi connectivity index (χ3n) is 4.03. The highest BCUT2D eigenvalue weighted by atomic mass is 16.5. The van der Waals surface area contributed by atoms with Gasteiger partial charge in [-0.1, -0.05) is 30.4 Å². The maximum atomic E-state index is 12.0. The highest BCUT2D eigenvalue weighted by Gasteiger charge is 2.08. The number of carbonyl (C=O) groups is 1. The van der Waals surface area contributed by atoms with Crippen LogP contribution in [0.2, 0.25) is 0 Å². The molecule has 0 unspecified atom stereocenters. The molecule has 27 heavy (non-hydrogen) atoms. The summed E-state index contributed by atoms with van der Waals surface area (Å²) in [7, 11) is 1.58. The largest absolute Gasteiger partial charge is 0.493 e. The zero-order valence-electron chi connectivity index (χ0n) is 15.5. The van der Waals surface area contributed by atoms with Gasteiger partial charge < -0.3 is 19.8 Å². The number of amides is 1. The van der Waals surface area contributed by atoms with Gasteiger partial charge in [-0.15, -0.1) is 0 Å². The molecule has 0 aliphatic rings. The Morgan fingerprint density at radius 2 is 2.07 bits per heavy atom. The second kappa shape index (κ2) is 8.89. The molecule has 0 bridgehead atoms. The first-order valence-electron chi connectivity index (χ1n) is 8.83.